The molecule has 0 aliphatic carbocycles. The molecule has 2 N–H and O–H groups in total. The number of aliphatic hydroxyl groups excluding tert-OH is 1. The summed E-state index contributed by atoms with van der Waals surface area (Å²) in [7, 11) is 0. The van der Waals surface area contributed by atoms with Crippen LogP contribution in [0.2, 0.25) is 0 Å². The van der Waals surface area contributed by atoms with Crippen molar-refractivity contribution in [2.75, 3.05) is 6.61 Å². The van der Waals surface area contributed by atoms with Crippen LogP contribution in [0.5, 0.6) is 0 Å². The molecule has 2 aliphatic rings. The highest BCUT2D eigenvalue weighted by molar-refractivity contribution is 8.00. The van der Waals surface area contributed by atoms with E-state index in [0.29, 0.717) is 6.42 Å². The highest BCUT2D eigenvalue weighted by Crippen LogP contribution is 2.39. The van der Waals surface area contributed by atoms with Gasteiger partial charge in [-0.15, -0.1) is 11.8 Å². The largest absolute Gasteiger partial charge is 0.478 e. The van der Waals surface area contributed by atoms with E-state index >= 15 is 0 Å². The van der Waals surface area contributed by atoms with Crippen LogP contribution >= 0.6 is 11.8 Å². The van der Waals surface area contributed by atoms with Gasteiger partial charge in [0.1, 0.15) is 0 Å². The molecule has 6 heteroatoms. The first kappa shape index (κ1) is 9.54. The van der Waals surface area contributed by atoms with Gasteiger partial charge < -0.3 is 15.1 Å². The molecule has 0 spiro atoms. The number of carbonyl (C=O) groups excluding carboxylic acids is 1. The summed E-state index contributed by atoms with van der Waals surface area (Å²) < 4.78 is 0. The molecule has 2 heterocycles. The third-order valence-electron chi connectivity index (χ3n) is 2.31. The molecule has 0 aromatic carbocycles. The number of hydrogen-bond donors (Lipinski definition) is 2. The van der Waals surface area contributed by atoms with Crippen molar-refractivity contribution in [3.8, 4) is 0 Å². The lowest BCUT2D eigenvalue weighted by Crippen LogP contribution is -2.51. The number of thioether (sulfide) groups is 1. The number of carboxylic acid groups (broad SMARTS) is 1. The van der Waals surface area contributed by atoms with Gasteiger partial charge in [0.25, 0.3) is 0 Å². The van der Waals surface area contributed by atoms with Crippen molar-refractivity contribution in [1.82, 2.24) is 4.90 Å². The fraction of sp³-hybridized carbons (Fsp3) is 0.500. The molecular weight excluding hydrogens is 206 g/mol. The highest BCUT2D eigenvalue weighted by atomic mass is 32.2. The molecule has 2 aliphatic heterocycles. The number of rotatable bonds is 2. The van der Waals surface area contributed by atoms with E-state index in [1.165, 1.54) is 22.9 Å². The summed E-state index contributed by atoms with van der Waals surface area (Å²) in [5.74, 6) is -1.13. The number of nitrogens with zero attached hydrogens (tertiary/aromatic N) is 1. The Hall–Kier alpha value is -1.01. The van der Waals surface area contributed by atoms with Crippen LogP contribution in [0, 0.1) is 0 Å². The number of fused-ring (bicyclic) bond motifs is 1. The van der Waals surface area contributed by atoms with Crippen LogP contribution in [0.3, 0.4) is 0 Å². The molecule has 2 atom stereocenters. The fourth-order valence-electron chi connectivity index (χ4n) is 1.50. The topological polar surface area (TPSA) is 77.8 Å². The van der Waals surface area contributed by atoms with E-state index in [-0.39, 0.29) is 23.5 Å². The van der Waals surface area contributed by atoms with Gasteiger partial charge in [-0.05, 0) is 0 Å². The van der Waals surface area contributed by atoms with Gasteiger partial charge in [0, 0.05) is 6.20 Å². The Bertz CT molecular complexity index is 327. The van der Waals surface area contributed by atoms with E-state index in [1.807, 2.05) is 0 Å². The molecule has 0 aromatic heterocycles. The monoisotopic (exact) mass is 215 g/mol. The van der Waals surface area contributed by atoms with E-state index in [9.17, 15) is 9.59 Å². The van der Waals surface area contributed by atoms with Crippen molar-refractivity contribution in [3.63, 3.8) is 0 Å². The molecule has 5 nitrogen and oxygen atoms in total. The number of hydrogen-bond acceptors (Lipinski definition) is 4. The second-order valence-corrected chi connectivity index (χ2v) is 4.54. The van der Waals surface area contributed by atoms with Crippen LogP contribution in [-0.2, 0) is 9.59 Å². The zero-order chi connectivity index (χ0) is 10.3. The maximum absolute atomic E-state index is 11.0. The van der Waals surface area contributed by atoms with Crippen molar-refractivity contribution in [3.05, 3.63) is 11.8 Å². The van der Waals surface area contributed by atoms with Crippen LogP contribution in [0.25, 0.3) is 0 Å². The predicted molar refractivity (Wildman–Crippen MR) is 49.4 cm³/mol. The lowest BCUT2D eigenvalue weighted by atomic mass is 10.1. The minimum absolute atomic E-state index is 0.0164. The van der Waals surface area contributed by atoms with Gasteiger partial charge in [-0.3, -0.25) is 4.79 Å². The van der Waals surface area contributed by atoms with Crippen LogP contribution in [0.4, 0.5) is 0 Å². The minimum Gasteiger partial charge on any atom is -0.478 e. The standard InChI is InChI=1S/C8H9NO4S/c10-3-5-4(8(12)13)2-9-6(11)1-7(9)14-5/h2,5,7,10H,1,3H2,(H,12,13)/t5?,7-/m1/s1. The van der Waals surface area contributed by atoms with Gasteiger partial charge in [-0.25, -0.2) is 4.79 Å². The first-order valence-corrected chi connectivity index (χ1v) is 5.10. The van der Waals surface area contributed by atoms with E-state index in [2.05, 4.69) is 0 Å². The van der Waals surface area contributed by atoms with E-state index < -0.39 is 11.2 Å². The third-order valence-corrected chi connectivity index (χ3v) is 3.75. The van der Waals surface area contributed by atoms with Gasteiger partial charge >= 0.3 is 5.97 Å². The molecule has 1 amide bonds. The fourth-order valence-corrected chi connectivity index (χ4v) is 2.82. The van der Waals surface area contributed by atoms with Gasteiger partial charge in [-0.1, -0.05) is 0 Å². The molecule has 0 bridgehead atoms. The summed E-state index contributed by atoms with van der Waals surface area (Å²) in [4.78, 5) is 23.2. The normalized spacial score (nSPS) is 30.5. The quantitative estimate of drug-likeness (QED) is 0.614. The molecule has 1 unspecified atom stereocenters. The summed E-state index contributed by atoms with van der Waals surface area (Å²) in [6.45, 7) is -0.207. The summed E-state index contributed by atoms with van der Waals surface area (Å²) >= 11 is 1.33. The van der Waals surface area contributed by atoms with E-state index in [0.717, 1.165) is 0 Å². The number of aliphatic hydroxyl groups is 1. The van der Waals surface area contributed by atoms with Crippen molar-refractivity contribution in [1.29, 1.82) is 0 Å². The summed E-state index contributed by atoms with van der Waals surface area (Å²) in [5, 5.41) is 17.4. The highest BCUT2D eigenvalue weighted by Gasteiger charge is 2.42. The number of β-lactam (4-membered cyclic amide) rings is 1. The van der Waals surface area contributed by atoms with Crippen LogP contribution in [-0.4, -0.2) is 44.2 Å². The molecule has 0 radical (unpaired) electrons. The van der Waals surface area contributed by atoms with Crippen LogP contribution < -0.4 is 0 Å². The molecular formula is C8H9NO4S. The molecule has 76 valence electrons. The zero-order valence-electron chi connectivity index (χ0n) is 7.21. The van der Waals surface area contributed by atoms with Crippen LogP contribution in [0.1, 0.15) is 6.42 Å². The third kappa shape index (κ3) is 1.31. The average molecular weight is 215 g/mol. The van der Waals surface area contributed by atoms with Crippen molar-refractivity contribution >= 4 is 23.6 Å². The Morgan fingerprint density at radius 1 is 1.71 bits per heavy atom. The summed E-state index contributed by atoms with van der Waals surface area (Å²) in [6, 6.07) is 0. The number of amides is 1. The second kappa shape index (κ2) is 3.29. The van der Waals surface area contributed by atoms with Gasteiger partial charge in [0.15, 0.2) is 0 Å². The smallest absolute Gasteiger partial charge is 0.334 e. The molecule has 0 saturated carbocycles. The predicted octanol–water partition coefficient (Wildman–Crippen LogP) is -0.379. The SMILES string of the molecule is O=C(O)C1=CN2C(=O)C[C@H]2SC1CO. The van der Waals surface area contributed by atoms with Crippen molar-refractivity contribution in [2.24, 2.45) is 0 Å². The van der Waals surface area contributed by atoms with Gasteiger partial charge in [-0.2, -0.15) is 0 Å². The number of aliphatic carboxylic acids is 1. The van der Waals surface area contributed by atoms with Crippen LogP contribution in [0.15, 0.2) is 11.8 Å². The average Bonchev–Trinajstić information content (AvgIpc) is 2.14. The molecule has 2 rings (SSSR count). The Labute approximate surface area is 84.4 Å². The molecule has 0 aromatic rings. The molecule has 1 saturated heterocycles. The van der Waals surface area contributed by atoms with Gasteiger partial charge in [0.05, 0.1) is 29.2 Å². The summed E-state index contributed by atoms with van der Waals surface area (Å²) in [5.41, 5.74) is 0.0989. The maximum Gasteiger partial charge on any atom is 0.334 e. The Morgan fingerprint density at radius 3 is 2.93 bits per heavy atom. The lowest BCUT2D eigenvalue weighted by Gasteiger charge is -2.42. The second-order valence-electron chi connectivity index (χ2n) is 3.16. The number of carbonyl (C=O) groups is 2. The zero-order valence-corrected chi connectivity index (χ0v) is 8.03. The molecule has 14 heavy (non-hydrogen) atoms. The maximum atomic E-state index is 11.0. The number of carboxylic acids is 1. The lowest BCUT2D eigenvalue weighted by molar-refractivity contribution is -0.138. The summed E-state index contributed by atoms with van der Waals surface area (Å²) in [6.07, 6.45) is 1.78. The van der Waals surface area contributed by atoms with E-state index in [1.54, 1.807) is 0 Å². The Kier molecular flexibility index (Phi) is 2.24. The van der Waals surface area contributed by atoms with Gasteiger partial charge in [0.2, 0.25) is 5.91 Å². The Balaban J connectivity index is 2.25. The first-order valence-electron chi connectivity index (χ1n) is 4.16. The van der Waals surface area contributed by atoms with E-state index in [4.69, 9.17) is 10.2 Å². The Morgan fingerprint density at radius 2 is 2.43 bits per heavy atom. The first-order chi connectivity index (χ1) is 6.63. The van der Waals surface area contributed by atoms with Crippen molar-refractivity contribution in [2.45, 2.75) is 17.0 Å². The molecule has 1 fully saturated rings. The minimum atomic E-state index is -1.07. The van der Waals surface area contributed by atoms with Crippen molar-refractivity contribution < 1.29 is 19.8 Å².